The van der Waals surface area contributed by atoms with Gasteiger partial charge in [0.2, 0.25) is 0 Å². The summed E-state index contributed by atoms with van der Waals surface area (Å²) < 4.78 is 6.73. The number of rotatable bonds is 3. The number of nitrogens with zero attached hydrogens (tertiary/aromatic N) is 2. The second-order valence-corrected chi connectivity index (χ2v) is 6.15. The van der Waals surface area contributed by atoms with Crippen molar-refractivity contribution in [3.63, 3.8) is 0 Å². The lowest BCUT2D eigenvalue weighted by Crippen LogP contribution is -2.36. The quantitative estimate of drug-likeness (QED) is 0.772. The molecule has 0 aliphatic heterocycles. The van der Waals surface area contributed by atoms with E-state index in [9.17, 15) is 0 Å². The molecule has 1 aliphatic carbocycles. The van der Waals surface area contributed by atoms with Crippen LogP contribution in [0.2, 0.25) is 5.15 Å². The van der Waals surface area contributed by atoms with E-state index in [0.717, 1.165) is 41.9 Å². The van der Waals surface area contributed by atoms with E-state index in [1.165, 1.54) is 0 Å². The minimum absolute atomic E-state index is 0.342. The van der Waals surface area contributed by atoms with Crippen molar-refractivity contribution in [2.24, 2.45) is 5.92 Å². The molecule has 1 fully saturated rings. The van der Waals surface area contributed by atoms with Crippen molar-refractivity contribution in [2.45, 2.75) is 45.1 Å². The van der Waals surface area contributed by atoms with E-state index in [0.29, 0.717) is 11.8 Å². The predicted octanol–water partition coefficient (Wildman–Crippen LogP) is 4.33. The highest BCUT2D eigenvalue weighted by Crippen LogP contribution is 2.41. The number of hydrogen-bond acceptors (Lipinski definition) is 3. The van der Waals surface area contributed by atoms with E-state index in [1.807, 2.05) is 6.92 Å². The van der Waals surface area contributed by atoms with Crippen LogP contribution in [0.5, 0.6) is 0 Å². The lowest BCUT2D eigenvalue weighted by atomic mass is 9.79. The zero-order valence-corrected chi connectivity index (χ0v) is 13.1. The summed E-state index contributed by atoms with van der Waals surface area (Å²) in [7, 11) is 0. The maximum absolute atomic E-state index is 6.07. The number of halogens is 2. The van der Waals surface area contributed by atoms with Gasteiger partial charge >= 0.3 is 0 Å². The maximum atomic E-state index is 6.07. The molecule has 1 aliphatic rings. The Hall–Kier alpha value is -0.190. The Morgan fingerprint density at radius 2 is 2.17 bits per heavy atom. The van der Waals surface area contributed by atoms with Crippen LogP contribution in [-0.4, -0.2) is 16.6 Å². The SMILES string of the molecule is CCOC1(c2ncc(Br)c(Cl)n2)CCC(C)CC1. The van der Waals surface area contributed by atoms with Crippen LogP contribution < -0.4 is 0 Å². The highest BCUT2D eigenvalue weighted by Gasteiger charge is 2.39. The van der Waals surface area contributed by atoms with Gasteiger partial charge in [-0.05, 0) is 54.5 Å². The highest BCUT2D eigenvalue weighted by atomic mass is 79.9. The Morgan fingerprint density at radius 1 is 1.50 bits per heavy atom. The van der Waals surface area contributed by atoms with Crippen LogP contribution in [0.4, 0.5) is 0 Å². The van der Waals surface area contributed by atoms with Gasteiger partial charge in [0.05, 0.1) is 4.47 Å². The summed E-state index contributed by atoms with van der Waals surface area (Å²) in [5.74, 6) is 1.48. The van der Waals surface area contributed by atoms with Gasteiger partial charge in [0.15, 0.2) is 5.82 Å². The van der Waals surface area contributed by atoms with Gasteiger partial charge in [-0.15, -0.1) is 0 Å². The van der Waals surface area contributed by atoms with Crippen molar-refractivity contribution < 1.29 is 4.74 Å². The minimum Gasteiger partial charge on any atom is -0.367 e. The Kier molecular flexibility index (Phi) is 4.62. The van der Waals surface area contributed by atoms with Gasteiger partial charge in [-0.3, -0.25) is 0 Å². The summed E-state index contributed by atoms with van der Waals surface area (Å²) in [4.78, 5) is 8.81. The molecule has 0 bridgehead atoms. The molecule has 0 radical (unpaired) electrons. The van der Waals surface area contributed by atoms with Crippen molar-refractivity contribution in [3.8, 4) is 0 Å². The molecule has 0 amide bonds. The predicted molar refractivity (Wildman–Crippen MR) is 75.7 cm³/mol. The Morgan fingerprint density at radius 3 is 2.72 bits per heavy atom. The first kappa shape index (κ1) is 14.2. The second-order valence-electron chi connectivity index (χ2n) is 4.94. The Balaban J connectivity index is 2.31. The fraction of sp³-hybridized carbons (Fsp3) is 0.692. The molecule has 0 N–H and O–H groups in total. The first-order valence-corrected chi connectivity index (χ1v) is 7.57. The normalized spacial score (nSPS) is 28.3. The van der Waals surface area contributed by atoms with E-state index in [4.69, 9.17) is 16.3 Å². The van der Waals surface area contributed by atoms with Crippen molar-refractivity contribution >= 4 is 27.5 Å². The smallest absolute Gasteiger partial charge is 0.162 e. The first-order chi connectivity index (χ1) is 8.57. The third kappa shape index (κ3) is 2.86. The molecule has 1 saturated carbocycles. The number of hydrogen-bond donors (Lipinski definition) is 0. The third-order valence-electron chi connectivity index (χ3n) is 3.61. The summed E-state index contributed by atoms with van der Waals surface area (Å²) in [6.07, 6.45) is 5.96. The fourth-order valence-electron chi connectivity index (χ4n) is 2.50. The van der Waals surface area contributed by atoms with Gasteiger partial charge in [-0.25, -0.2) is 9.97 Å². The standard InChI is InChI=1S/C13H18BrClN2O/c1-3-18-13(6-4-9(2)5-7-13)12-16-8-10(14)11(15)17-12/h8-9H,3-7H2,1-2H3. The van der Waals surface area contributed by atoms with E-state index in [1.54, 1.807) is 6.20 Å². The van der Waals surface area contributed by atoms with Crippen LogP contribution in [0.1, 0.15) is 45.4 Å². The lowest BCUT2D eigenvalue weighted by Gasteiger charge is -2.37. The largest absolute Gasteiger partial charge is 0.367 e. The van der Waals surface area contributed by atoms with E-state index < -0.39 is 0 Å². The molecule has 1 heterocycles. The van der Waals surface area contributed by atoms with Crippen LogP contribution in [0.15, 0.2) is 10.7 Å². The van der Waals surface area contributed by atoms with Gasteiger partial charge < -0.3 is 4.74 Å². The molecule has 3 nitrogen and oxygen atoms in total. The monoisotopic (exact) mass is 332 g/mol. The summed E-state index contributed by atoms with van der Waals surface area (Å²) in [5.41, 5.74) is -0.342. The second kappa shape index (κ2) is 5.85. The van der Waals surface area contributed by atoms with Crippen molar-refractivity contribution in [1.29, 1.82) is 0 Å². The van der Waals surface area contributed by atoms with Gasteiger partial charge in [0.25, 0.3) is 0 Å². The Bertz CT molecular complexity index is 419. The topological polar surface area (TPSA) is 35.0 Å². The van der Waals surface area contributed by atoms with E-state index in [-0.39, 0.29) is 5.60 Å². The molecule has 1 aromatic rings. The van der Waals surface area contributed by atoms with Crippen molar-refractivity contribution in [3.05, 3.63) is 21.6 Å². The third-order valence-corrected chi connectivity index (χ3v) is 4.71. The molecule has 0 atom stereocenters. The molecule has 100 valence electrons. The first-order valence-electron chi connectivity index (χ1n) is 6.40. The molecule has 5 heteroatoms. The van der Waals surface area contributed by atoms with E-state index in [2.05, 4.69) is 32.8 Å². The zero-order valence-electron chi connectivity index (χ0n) is 10.7. The summed E-state index contributed by atoms with van der Waals surface area (Å²) in [6.45, 7) is 4.97. The molecule has 0 saturated heterocycles. The van der Waals surface area contributed by atoms with Crippen LogP contribution in [0, 0.1) is 5.92 Å². The molecule has 1 aromatic heterocycles. The van der Waals surface area contributed by atoms with Crippen molar-refractivity contribution in [2.75, 3.05) is 6.61 Å². The van der Waals surface area contributed by atoms with Gasteiger partial charge in [-0.1, -0.05) is 18.5 Å². The van der Waals surface area contributed by atoms with Gasteiger partial charge in [-0.2, -0.15) is 0 Å². The number of ether oxygens (including phenoxy) is 1. The summed E-state index contributed by atoms with van der Waals surface area (Å²) >= 11 is 9.39. The molecule has 0 spiro atoms. The van der Waals surface area contributed by atoms with Crippen LogP contribution in [-0.2, 0) is 10.3 Å². The fourth-order valence-corrected chi connectivity index (χ4v) is 2.82. The van der Waals surface area contributed by atoms with Gasteiger partial charge in [0.1, 0.15) is 10.8 Å². The average molecular weight is 334 g/mol. The van der Waals surface area contributed by atoms with Crippen LogP contribution in [0.3, 0.4) is 0 Å². The molecule has 18 heavy (non-hydrogen) atoms. The Labute approximate surface area is 121 Å². The zero-order chi connectivity index (χ0) is 13.2. The number of aromatic nitrogens is 2. The average Bonchev–Trinajstić information content (AvgIpc) is 2.36. The lowest BCUT2D eigenvalue weighted by molar-refractivity contribution is -0.0837. The molecular weight excluding hydrogens is 316 g/mol. The van der Waals surface area contributed by atoms with Crippen molar-refractivity contribution in [1.82, 2.24) is 9.97 Å². The molecular formula is C13H18BrClN2O. The van der Waals surface area contributed by atoms with Crippen LogP contribution in [0.25, 0.3) is 0 Å². The molecule has 0 aromatic carbocycles. The maximum Gasteiger partial charge on any atom is 0.162 e. The summed E-state index contributed by atoms with van der Waals surface area (Å²) in [6, 6.07) is 0. The highest BCUT2D eigenvalue weighted by molar-refractivity contribution is 9.10. The van der Waals surface area contributed by atoms with Crippen LogP contribution >= 0.6 is 27.5 Å². The molecule has 0 unspecified atom stereocenters. The molecule has 2 rings (SSSR count). The van der Waals surface area contributed by atoms with Gasteiger partial charge in [0, 0.05) is 12.8 Å². The minimum atomic E-state index is -0.342. The summed E-state index contributed by atoms with van der Waals surface area (Å²) in [5, 5.41) is 0.456. The van der Waals surface area contributed by atoms with E-state index >= 15 is 0 Å².